The summed E-state index contributed by atoms with van der Waals surface area (Å²) in [6, 6.07) is 0.803. The van der Waals surface area contributed by atoms with Gasteiger partial charge in [0.1, 0.15) is 0 Å². The number of piperazine rings is 1. The summed E-state index contributed by atoms with van der Waals surface area (Å²) in [7, 11) is 0. The Bertz CT molecular complexity index is 246. The van der Waals surface area contributed by atoms with E-state index in [0.29, 0.717) is 5.54 Å². The lowest BCUT2D eigenvalue weighted by molar-refractivity contribution is 0.0115. The molecular formula is C15H31N3. The lowest BCUT2D eigenvalue weighted by Gasteiger charge is -2.49. The van der Waals surface area contributed by atoms with Gasteiger partial charge in [0.25, 0.3) is 0 Å². The summed E-state index contributed by atoms with van der Waals surface area (Å²) < 4.78 is 0. The zero-order chi connectivity index (χ0) is 13.0. The Morgan fingerprint density at radius 3 is 2.61 bits per heavy atom. The molecule has 106 valence electrons. The summed E-state index contributed by atoms with van der Waals surface area (Å²) in [5.41, 5.74) is 0.416. The molecular weight excluding hydrogens is 222 g/mol. The van der Waals surface area contributed by atoms with Gasteiger partial charge in [0.15, 0.2) is 0 Å². The van der Waals surface area contributed by atoms with E-state index in [1.165, 1.54) is 65.0 Å². The Morgan fingerprint density at radius 2 is 1.94 bits per heavy atom. The highest BCUT2D eigenvalue weighted by atomic mass is 15.3. The highest BCUT2D eigenvalue weighted by Gasteiger charge is 2.35. The van der Waals surface area contributed by atoms with Crippen LogP contribution in [0.15, 0.2) is 0 Å². The number of hydrogen-bond donors (Lipinski definition) is 1. The first-order valence-corrected chi connectivity index (χ1v) is 7.83. The Balaban J connectivity index is 1.90. The number of nitrogens with zero attached hydrogens (tertiary/aromatic N) is 2. The van der Waals surface area contributed by atoms with Crippen molar-refractivity contribution >= 4 is 0 Å². The van der Waals surface area contributed by atoms with Crippen molar-refractivity contribution < 1.29 is 0 Å². The quantitative estimate of drug-likeness (QED) is 0.826. The van der Waals surface area contributed by atoms with Crippen molar-refractivity contribution in [1.82, 2.24) is 15.1 Å². The van der Waals surface area contributed by atoms with Crippen molar-refractivity contribution in [2.45, 2.75) is 58.0 Å². The van der Waals surface area contributed by atoms with Gasteiger partial charge in [-0.05, 0) is 39.7 Å². The van der Waals surface area contributed by atoms with Crippen LogP contribution in [0, 0.1) is 0 Å². The standard InChI is InChI=1S/C15H31N3/c1-4-5-10-18-13-14(6-7-15(18,2)3)17-11-8-16-9-12-17/h14,16H,4-13H2,1-3H3. The predicted octanol–water partition coefficient (Wildman–Crippen LogP) is 1.93. The van der Waals surface area contributed by atoms with E-state index in [1.54, 1.807) is 0 Å². The molecule has 0 aliphatic carbocycles. The maximum absolute atomic E-state index is 3.46. The fourth-order valence-electron chi connectivity index (χ4n) is 3.36. The van der Waals surface area contributed by atoms with Crippen LogP contribution in [-0.4, -0.2) is 60.6 Å². The molecule has 0 aromatic rings. The Labute approximate surface area is 113 Å². The van der Waals surface area contributed by atoms with Crippen LogP contribution in [0.1, 0.15) is 46.5 Å². The van der Waals surface area contributed by atoms with Crippen LogP contribution in [0.2, 0.25) is 0 Å². The molecule has 3 nitrogen and oxygen atoms in total. The van der Waals surface area contributed by atoms with Gasteiger partial charge in [-0.15, -0.1) is 0 Å². The SMILES string of the molecule is CCCCN1CC(N2CCNCC2)CCC1(C)C. The van der Waals surface area contributed by atoms with Crippen molar-refractivity contribution in [3.8, 4) is 0 Å². The van der Waals surface area contributed by atoms with Gasteiger partial charge < -0.3 is 5.32 Å². The third-order valence-corrected chi connectivity index (χ3v) is 4.83. The topological polar surface area (TPSA) is 18.5 Å². The normalized spacial score (nSPS) is 30.5. The van der Waals surface area contributed by atoms with Gasteiger partial charge in [0.2, 0.25) is 0 Å². The molecule has 18 heavy (non-hydrogen) atoms. The van der Waals surface area contributed by atoms with E-state index in [4.69, 9.17) is 0 Å². The Hall–Kier alpha value is -0.120. The zero-order valence-corrected chi connectivity index (χ0v) is 12.5. The second-order valence-corrected chi connectivity index (χ2v) is 6.59. The molecule has 1 unspecified atom stereocenters. The van der Waals surface area contributed by atoms with Crippen LogP contribution in [0.25, 0.3) is 0 Å². The average molecular weight is 253 g/mol. The van der Waals surface area contributed by atoms with Crippen molar-refractivity contribution in [1.29, 1.82) is 0 Å². The zero-order valence-electron chi connectivity index (χ0n) is 12.5. The molecule has 0 bridgehead atoms. The molecule has 0 radical (unpaired) electrons. The van der Waals surface area contributed by atoms with Crippen molar-refractivity contribution in [3.05, 3.63) is 0 Å². The molecule has 2 aliphatic rings. The lowest BCUT2D eigenvalue weighted by Crippen LogP contribution is -2.59. The number of piperidine rings is 1. The monoisotopic (exact) mass is 253 g/mol. The summed E-state index contributed by atoms with van der Waals surface area (Å²) in [5, 5.41) is 3.46. The first-order valence-electron chi connectivity index (χ1n) is 7.83. The largest absolute Gasteiger partial charge is 0.314 e. The fourth-order valence-corrected chi connectivity index (χ4v) is 3.36. The lowest BCUT2D eigenvalue weighted by atomic mass is 9.87. The molecule has 2 fully saturated rings. The molecule has 1 atom stereocenters. The maximum Gasteiger partial charge on any atom is 0.0225 e. The molecule has 0 saturated carbocycles. The van der Waals surface area contributed by atoms with E-state index >= 15 is 0 Å². The molecule has 2 rings (SSSR count). The molecule has 3 heteroatoms. The van der Waals surface area contributed by atoms with Gasteiger partial charge in [0.05, 0.1) is 0 Å². The third kappa shape index (κ3) is 3.46. The van der Waals surface area contributed by atoms with Crippen LogP contribution >= 0.6 is 0 Å². The summed E-state index contributed by atoms with van der Waals surface area (Å²) in [6.07, 6.45) is 5.39. The molecule has 1 N–H and O–H groups in total. The van der Waals surface area contributed by atoms with Gasteiger partial charge in [-0.25, -0.2) is 0 Å². The minimum absolute atomic E-state index is 0.416. The van der Waals surface area contributed by atoms with E-state index in [0.717, 1.165) is 6.04 Å². The molecule has 2 aliphatic heterocycles. The first-order chi connectivity index (χ1) is 8.63. The summed E-state index contributed by atoms with van der Waals surface area (Å²) in [6.45, 7) is 14.6. The van der Waals surface area contributed by atoms with Crippen molar-refractivity contribution in [2.75, 3.05) is 39.3 Å². The van der Waals surface area contributed by atoms with E-state index in [9.17, 15) is 0 Å². The van der Waals surface area contributed by atoms with Crippen molar-refractivity contribution in [2.24, 2.45) is 0 Å². The summed E-state index contributed by atoms with van der Waals surface area (Å²) in [4.78, 5) is 5.46. The Kier molecular flexibility index (Phi) is 5.05. The van der Waals surface area contributed by atoms with Gasteiger partial charge in [0, 0.05) is 44.3 Å². The molecule has 0 aromatic carbocycles. The second kappa shape index (κ2) is 6.36. The van der Waals surface area contributed by atoms with Gasteiger partial charge in [-0.2, -0.15) is 0 Å². The number of rotatable bonds is 4. The maximum atomic E-state index is 3.46. The minimum atomic E-state index is 0.416. The van der Waals surface area contributed by atoms with Crippen LogP contribution in [-0.2, 0) is 0 Å². The van der Waals surface area contributed by atoms with E-state index in [1.807, 2.05) is 0 Å². The minimum Gasteiger partial charge on any atom is -0.314 e. The number of nitrogens with one attached hydrogen (secondary N) is 1. The van der Waals surface area contributed by atoms with E-state index in [-0.39, 0.29) is 0 Å². The van der Waals surface area contributed by atoms with Crippen LogP contribution < -0.4 is 5.32 Å². The van der Waals surface area contributed by atoms with Crippen LogP contribution in [0.4, 0.5) is 0 Å². The number of hydrogen-bond acceptors (Lipinski definition) is 3. The predicted molar refractivity (Wildman–Crippen MR) is 78.0 cm³/mol. The average Bonchev–Trinajstić information content (AvgIpc) is 2.38. The van der Waals surface area contributed by atoms with E-state index < -0.39 is 0 Å². The van der Waals surface area contributed by atoms with Crippen molar-refractivity contribution in [3.63, 3.8) is 0 Å². The smallest absolute Gasteiger partial charge is 0.0225 e. The fraction of sp³-hybridized carbons (Fsp3) is 1.00. The van der Waals surface area contributed by atoms with Gasteiger partial charge in [-0.1, -0.05) is 13.3 Å². The number of likely N-dealkylation sites (tertiary alicyclic amines) is 1. The molecule has 0 amide bonds. The third-order valence-electron chi connectivity index (χ3n) is 4.83. The van der Waals surface area contributed by atoms with Gasteiger partial charge in [-0.3, -0.25) is 9.80 Å². The van der Waals surface area contributed by atoms with Crippen LogP contribution in [0.5, 0.6) is 0 Å². The summed E-state index contributed by atoms with van der Waals surface area (Å²) >= 11 is 0. The highest BCUT2D eigenvalue weighted by Crippen LogP contribution is 2.30. The first kappa shape index (κ1) is 14.3. The molecule has 0 spiro atoms. The molecule has 0 aromatic heterocycles. The van der Waals surface area contributed by atoms with Crippen LogP contribution in [0.3, 0.4) is 0 Å². The van der Waals surface area contributed by atoms with E-state index in [2.05, 4.69) is 35.9 Å². The molecule has 2 saturated heterocycles. The number of unbranched alkanes of at least 4 members (excludes halogenated alkanes) is 1. The van der Waals surface area contributed by atoms with Gasteiger partial charge >= 0.3 is 0 Å². The molecule has 2 heterocycles. The summed E-state index contributed by atoms with van der Waals surface area (Å²) in [5.74, 6) is 0. The second-order valence-electron chi connectivity index (χ2n) is 6.59. The highest BCUT2D eigenvalue weighted by molar-refractivity contribution is 4.93. The Morgan fingerprint density at radius 1 is 1.22 bits per heavy atom.